The Kier molecular flexibility index (Phi) is 11.1. The maximum atomic E-state index is 10.1. The first-order valence-corrected chi connectivity index (χ1v) is 8.63. The van der Waals surface area contributed by atoms with E-state index in [0.29, 0.717) is 5.75 Å². The Hall–Kier alpha value is -1.51. The first kappa shape index (κ1) is 18.5. The highest BCUT2D eigenvalue weighted by atomic mass is 16.5. The fourth-order valence-corrected chi connectivity index (χ4v) is 2.43. The molecule has 0 fully saturated rings. The molecular formula is C19H29O3. The van der Waals surface area contributed by atoms with Crippen molar-refractivity contribution in [2.24, 2.45) is 0 Å². The summed E-state index contributed by atoms with van der Waals surface area (Å²) in [5.41, 5.74) is 0. The molecule has 0 spiro atoms. The molecule has 22 heavy (non-hydrogen) atoms. The van der Waals surface area contributed by atoms with Gasteiger partial charge in [0.05, 0.1) is 6.61 Å². The molecule has 0 aliphatic carbocycles. The van der Waals surface area contributed by atoms with Gasteiger partial charge in [-0.05, 0) is 30.7 Å². The maximum Gasteiger partial charge on any atom is 0.423 e. The summed E-state index contributed by atoms with van der Waals surface area (Å²) in [7, 11) is 0. The summed E-state index contributed by atoms with van der Waals surface area (Å²) in [5.74, 6) is 1.30. The lowest BCUT2D eigenvalue weighted by molar-refractivity contribution is 0.304. The number of ether oxygens (including phenoxy) is 2. The number of hydrogen-bond acceptors (Lipinski definition) is 3. The molecule has 0 aromatic heterocycles. The molecule has 0 saturated heterocycles. The number of carbonyl (C=O) groups excluding carboxylic acids is 1. The van der Waals surface area contributed by atoms with Gasteiger partial charge in [0, 0.05) is 0 Å². The van der Waals surface area contributed by atoms with Crippen LogP contribution in [0.15, 0.2) is 24.3 Å². The Morgan fingerprint density at radius 2 is 1.27 bits per heavy atom. The smallest absolute Gasteiger partial charge is 0.423 e. The molecule has 0 bridgehead atoms. The molecule has 0 unspecified atom stereocenters. The zero-order valence-corrected chi connectivity index (χ0v) is 13.8. The van der Waals surface area contributed by atoms with E-state index in [4.69, 9.17) is 4.74 Å². The number of benzene rings is 1. The standard InChI is InChI=1S/C19H29O3/c1-2-3-4-5-6-7-8-9-10-11-16-21-18-12-14-19(15-13-18)22-17-20/h12-15H,2-11,16H2,1H3. The van der Waals surface area contributed by atoms with E-state index in [1.54, 1.807) is 12.1 Å². The van der Waals surface area contributed by atoms with Crippen molar-refractivity contribution in [1.29, 1.82) is 0 Å². The molecule has 0 amide bonds. The monoisotopic (exact) mass is 305 g/mol. The minimum absolute atomic E-state index is 0.487. The van der Waals surface area contributed by atoms with Gasteiger partial charge in [0.2, 0.25) is 0 Å². The van der Waals surface area contributed by atoms with Gasteiger partial charge in [0.1, 0.15) is 11.5 Å². The molecular weight excluding hydrogens is 276 g/mol. The molecule has 123 valence electrons. The zero-order valence-electron chi connectivity index (χ0n) is 13.8. The second-order valence-electron chi connectivity index (χ2n) is 5.69. The Labute approximate surface area is 135 Å². The summed E-state index contributed by atoms with van der Waals surface area (Å²) in [5, 5.41) is 0. The molecule has 1 aromatic carbocycles. The van der Waals surface area contributed by atoms with E-state index >= 15 is 0 Å². The van der Waals surface area contributed by atoms with E-state index < -0.39 is 0 Å². The quantitative estimate of drug-likeness (QED) is 0.430. The Balaban J connectivity index is 1.91. The van der Waals surface area contributed by atoms with Crippen molar-refractivity contribution in [3.8, 4) is 11.5 Å². The van der Waals surface area contributed by atoms with E-state index in [9.17, 15) is 4.79 Å². The lowest BCUT2D eigenvalue weighted by Gasteiger charge is -2.06. The number of rotatable bonds is 14. The summed E-state index contributed by atoms with van der Waals surface area (Å²) in [6.07, 6.45) is 13.3. The molecule has 0 saturated carbocycles. The lowest BCUT2D eigenvalue weighted by Crippen LogP contribution is -1.97. The predicted molar refractivity (Wildman–Crippen MR) is 90.1 cm³/mol. The highest BCUT2D eigenvalue weighted by Crippen LogP contribution is 2.17. The molecule has 0 atom stereocenters. The van der Waals surface area contributed by atoms with Gasteiger partial charge in [-0.3, -0.25) is 0 Å². The normalized spacial score (nSPS) is 10.4. The van der Waals surface area contributed by atoms with Crippen LogP contribution in [0.2, 0.25) is 0 Å². The first-order chi connectivity index (χ1) is 10.9. The highest BCUT2D eigenvalue weighted by molar-refractivity contribution is 5.46. The topological polar surface area (TPSA) is 35.5 Å². The summed E-state index contributed by atoms with van der Waals surface area (Å²) in [4.78, 5) is 10.1. The molecule has 0 N–H and O–H groups in total. The molecule has 3 heteroatoms. The summed E-state index contributed by atoms with van der Waals surface area (Å²) in [6, 6.07) is 7.03. The second kappa shape index (κ2) is 13.2. The summed E-state index contributed by atoms with van der Waals surface area (Å²) < 4.78 is 10.3. The molecule has 0 heterocycles. The van der Waals surface area contributed by atoms with Crippen LogP contribution in [-0.4, -0.2) is 13.1 Å². The van der Waals surface area contributed by atoms with Crippen molar-refractivity contribution in [3.05, 3.63) is 24.3 Å². The van der Waals surface area contributed by atoms with Gasteiger partial charge in [-0.15, -0.1) is 0 Å². The van der Waals surface area contributed by atoms with Crippen LogP contribution in [-0.2, 0) is 4.79 Å². The Morgan fingerprint density at radius 3 is 1.82 bits per heavy atom. The SMILES string of the molecule is CCCCCCCCCCCCOc1ccc(O[C]=O)cc1. The third-order valence-electron chi connectivity index (χ3n) is 3.75. The van der Waals surface area contributed by atoms with Crippen LogP contribution < -0.4 is 9.47 Å². The minimum Gasteiger partial charge on any atom is -0.494 e. The number of unbranched alkanes of at least 4 members (excludes halogenated alkanes) is 9. The van der Waals surface area contributed by atoms with Gasteiger partial charge in [0.25, 0.3) is 0 Å². The van der Waals surface area contributed by atoms with Crippen molar-refractivity contribution in [2.75, 3.05) is 6.61 Å². The summed E-state index contributed by atoms with van der Waals surface area (Å²) in [6.45, 7) is 4.41. The number of hydrogen-bond donors (Lipinski definition) is 0. The average Bonchev–Trinajstić information content (AvgIpc) is 2.54. The zero-order chi connectivity index (χ0) is 15.9. The van der Waals surface area contributed by atoms with Gasteiger partial charge in [-0.1, -0.05) is 64.7 Å². The van der Waals surface area contributed by atoms with Crippen molar-refractivity contribution >= 4 is 6.47 Å². The molecule has 1 aromatic rings. The minimum atomic E-state index is 0.487. The Bertz CT molecular complexity index is 373. The van der Waals surface area contributed by atoms with Gasteiger partial charge in [-0.2, -0.15) is 0 Å². The van der Waals surface area contributed by atoms with Gasteiger partial charge >= 0.3 is 6.47 Å². The van der Waals surface area contributed by atoms with Crippen LogP contribution in [0.25, 0.3) is 0 Å². The molecule has 1 rings (SSSR count). The average molecular weight is 305 g/mol. The molecule has 3 nitrogen and oxygen atoms in total. The fraction of sp³-hybridized carbons (Fsp3) is 0.632. The molecule has 1 radical (unpaired) electrons. The van der Waals surface area contributed by atoms with Gasteiger partial charge in [0.15, 0.2) is 0 Å². The molecule has 0 aliphatic heterocycles. The largest absolute Gasteiger partial charge is 0.494 e. The van der Waals surface area contributed by atoms with Crippen LogP contribution >= 0.6 is 0 Å². The van der Waals surface area contributed by atoms with E-state index in [1.165, 1.54) is 64.3 Å². The summed E-state index contributed by atoms with van der Waals surface area (Å²) >= 11 is 0. The van der Waals surface area contributed by atoms with Crippen LogP contribution in [0.1, 0.15) is 71.1 Å². The second-order valence-corrected chi connectivity index (χ2v) is 5.69. The molecule has 0 aliphatic rings. The van der Waals surface area contributed by atoms with Crippen LogP contribution in [0.5, 0.6) is 11.5 Å². The van der Waals surface area contributed by atoms with Gasteiger partial charge < -0.3 is 9.47 Å². The first-order valence-electron chi connectivity index (χ1n) is 8.63. The fourth-order valence-electron chi connectivity index (χ4n) is 2.43. The highest BCUT2D eigenvalue weighted by Gasteiger charge is 1.97. The van der Waals surface area contributed by atoms with Crippen molar-refractivity contribution in [3.63, 3.8) is 0 Å². The Morgan fingerprint density at radius 1 is 0.773 bits per heavy atom. The van der Waals surface area contributed by atoms with E-state index in [2.05, 4.69) is 11.7 Å². The lowest BCUT2D eigenvalue weighted by atomic mass is 10.1. The van der Waals surface area contributed by atoms with E-state index in [-0.39, 0.29) is 0 Å². The van der Waals surface area contributed by atoms with Crippen molar-refractivity contribution < 1.29 is 14.3 Å². The van der Waals surface area contributed by atoms with Gasteiger partial charge in [-0.25, -0.2) is 4.79 Å². The van der Waals surface area contributed by atoms with Crippen molar-refractivity contribution in [1.82, 2.24) is 0 Å². The van der Waals surface area contributed by atoms with E-state index in [0.717, 1.165) is 18.8 Å². The predicted octanol–water partition coefficient (Wildman–Crippen LogP) is 5.43. The van der Waals surface area contributed by atoms with E-state index in [1.807, 2.05) is 12.1 Å². The third kappa shape index (κ3) is 9.43. The van der Waals surface area contributed by atoms with Crippen LogP contribution in [0.3, 0.4) is 0 Å². The third-order valence-corrected chi connectivity index (χ3v) is 3.75. The van der Waals surface area contributed by atoms with Crippen LogP contribution in [0.4, 0.5) is 0 Å². The maximum absolute atomic E-state index is 10.1. The van der Waals surface area contributed by atoms with Crippen LogP contribution in [0, 0.1) is 0 Å². The van der Waals surface area contributed by atoms with Crippen molar-refractivity contribution in [2.45, 2.75) is 71.1 Å².